The van der Waals surface area contributed by atoms with Gasteiger partial charge in [-0.1, -0.05) is 23.5 Å². The average molecular weight is 189 g/mol. The lowest BCUT2D eigenvalue weighted by atomic mass is 10.3. The van der Waals surface area contributed by atoms with Crippen molar-refractivity contribution in [2.75, 3.05) is 0 Å². The molecule has 1 atom stereocenters. The first-order valence-electron chi connectivity index (χ1n) is 4.10. The highest BCUT2D eigenvalue weighted by atomic mass is 32.1. The Balaban J connectivity index is 2.66. The Hall–Kier alpha value is -1.40. The maximum atomic E-state index is 8.80. The topological polar surface area (TPSA) is 27.7 Å². The van der Waals surface area contributed by atoms with Crippen molar-refractivity contribution in [3.8, 4) is 6.07 Å². The van der Waals surface area contributed by atoms with Crippen LogP contribution in [0.2, 0.25) is 0 Å². The van der Waals surface area contributed by atoms with Crippen LogP contribution in [0.3, 0.4) is 0 Å². The number of nitrogens with zero attached hydrogens (tertiary/aromatic N) is 2. The van der Waals surface area contributed by atoms with Gasteiger partial charge in [0.05, 0.1) is 0 Å². The minimum absolute atomic E-state index is 0.0869. The number of thiazole rings is 1. The minimum Gasteiger partial charge on any atom is -0.191 e. The molecule has 2 nitrogen and oxygen atoms in total. The molecular formula is C10H9N2S+. The molecule has 3 heteroatoms. The van der Waals surface area contributed by atoms with Gasteiger partial charge in [-0.25, -0.2) is 0 Å². The van der Waals surface area contributed by atoms with Crippen LogP contribution < -0.4 is 4.57 Å². The molecule has 0 saturated heterocycles. The molecule has 0 saturated carbocycles. The molecule has 0 aliphatic carbocycles. The number of fused-ring (bicyclic) bond motifs is 1. The summed E-state index contributed by atoms with van der Waals surface area (Å²) in [5.41, 5.74) is 3.14. The van der Waals surface area contributed by atoms with Crippen molar-refractivity contribution < 1.29 is 4.57 Å². The zero-order valence-corrected chi connectivity index (χ0v) is 8.08. The van der Waals surface area contributed by atoms with Gasteiger partial charge in [-0.15, -0.1) is 0 Å². The third kappa shape index (κ3) is 1.30. The van der Waals surface area contributed by atoms with Crippen LogP contribution in [0, 0.1) is 11.3 Å². The van der Waals surface area contributed by atoms with Crippen LogP contribution in [0.1, 0.15) is 13.0 Å². The quantitative estimate of drug-likeness (QED) is 0.632. The van der Waals surface area contributed by atoms with E-state index < -0.39 is 0 Å². The SMILES string of the molecule is CC(C#N)[n+]1csc2ccccc21. The summed E-state index contributed by atoms with van der Waals surface area (Å²) in [6.07, 6.45) is 0. The van der Waals surface area contributed by atoms with E-state index in [-0.39, 0.29) is 6.04 Å². The van der Waals surface area contributed by atoms with Gasteiger partial charge < -0.3 is 0 Å². The van der Waals surface area contributed by atoms with Gasteiger partial charge in [0, 0.05) is 13.0 Å². The van der Waals surface area contributed by atoms with Gasteiger partial charge in [-0.2, -0.15) is 9.83 Å². The molecule has 0 fully saturated rings. The summed E-state index contributed by atoms with van der Waals surface area (Å²) in [5.74, 6) is 0. The zero-order valence-electron chi connectivity index (χ0n) is 7.27. The van der Waals surface area contributed by atoms with Crippen LogP contribution in [0.15, 0.2) is 29.8 Å². The molecule has 0 radical (unpaired) electrons. The summed E-state index contributed by atoms with van der Waals surface area (Å²) in [4.78, 5) is 0. The second-order valence-electron chi connectivity index (χ2n) is 2.90. The maximum Gasteiger partial charge on any atom is 0.242 e. The van der Waals surface area contributed by atoms with Crippen LogP contribution in [0.4, 0.5) is 0 Å². The second kappa shape index (κ2) is 3.15. The Labute approximate surface area is 80.7 Å². The first-order valence-corrected chi connectivity index (χ1v) is 4.98. The lowest BCUT2D eigenvalue weighted by Crippen LogP contribution is -2.34. The first kappa shape index (κ1) is 8.21. The van der Waals surface area contributed by atoms with Crippen molar-refractivity contribution in [2.24, 2.45) is 0 Å². The molecule has 0 aliphatic rings. The standard InChI is InChI=1S/C10H9N2S/c1-8(6-11)12-7-13-10-5-3-2-4-9(10)12/h2-5,7-8H,1H3/q+1. The van der Waals surface area contributed by atoms with Gasteiger partial charge in [0.2, 0.25) is 17.1 Å². The molecule has 0 bridgehead atoms. The summed E-state index contributed by atoms with van der Waals surface area (Å²) >= 11 is 1.67. The third-order valence-corrected chi connectivity index (χ3v) is 2.97. The summed E-state index contributed by atoms with van der Waals surface area (Å²) < 4.78 is 3.23. The molecule has 1 unspecified atom stereocenters. The van der Waals surface area contributed by atoms with E-state index in [1.165, 1.54) is 4.70 Å². The number of aromatic nitrogens is 1. The fourth-order valence-electron chi connectivity index (χ4n) is 1.30. The summed E-state index contributed by atoms with van der Waals surface area (Å²) in [5, 5.41) is 8.80. The lowest BCUT2D eigenvalue weighted by molar-refractivity contribution is -0.677. The van der Waals surface area contributed by atoms with Crippen LogP contribution >= 0.6 is 11.3 Å². The Morgan fingerprint density at radius 1 is 1.46 bits per heavy atom. The summed E-state index contributed by atoms with van der Waals surface area (Å²) in [6, 6.07) is 10.3. The van der Waals surface area contributed by atoms with Crippen molar-refractivity contribution in [3.63, 3.8) is 0 Å². The molecule has 1 aromatic heterocycles. The highest BCUT2D eigenvalue weighted by Gasteiger charge is 2.16. The monoisotopic (exact) mass is 189 g/mol. The largest absolute Gasteiger partial charge is 0.242 e. The van der Waals surface area contributed by atoms with E-state index in [1.807, 2.05) is 35.2 Å². The number of nitriles is 1. The molecule has 0 aliphatic heterocycles. The Morgan fingerprint density at radius 3 is 3.00 bits per heavy atom. The van der Waals surface area contributed by atoms with E-state index in [0.717, 1.165) is 5.52 Å². The zero-order chi connectivity index (χ0) is 9.26. The Kier molecular flexibility index (Phi) is 1.99. The van der Waals surface area contributed by atoms with E-state index in [2.05, 4.69) is 12.1 Å². The molecule has 13 heavy (non-hydrogen) atoms. The molecule has 0 N–H and O–H groups in total. The number of rotatable bonds is 1. The number of hydrogen-bond acceptors (Lipinski definition) is 2. The molecule has 1 heterocycles. The predicted octanol–water partition coefficient (Wildman–Crippen LogP) is 2.27. The molecule has 1 aromatic carbocycles. The molecule has 0 amide bonds. The highest BCUT2D eigenvalue weighted by Crippen LogP contribution is 2.16. The number of hydrogen-bond donors (Lipinski definition) is 0. The smallest absolute Gasteiger partial charge is 0.191 e. The molecule has 2 aromatic rings. The van der Waals surface area contributed by atoms with Gasteiger partial charge in [0.1, 0.15) is 10.8 Å². The molecule has 2 rings (SSSR count). The number of para-hydroxylation sites is 1. The lowest BCUT2D eigenvalue weighted by Gasteiger charge is -1.93. The van der Waals surface area contributed by atoms with Crippen LogP contribution in [-0.4, -0.2) is 0 Å². The summed E-state index contributed by atoms with van der Waals surface area (Å²) in [6.45, 7) is 1.90. The fourth-order valence-corrected chi connectivity index (χ4v) is 2.28. The third-order valence-electron chi connectivity index (χ3n) is 2.04. The minimum atomic E-state index is -0.0869. The van der Waals surface area contributed by atoms with Crippen LogP contribution in [0.5, 0.6) is 0 Å². The molecule has 0 spiro atoms. The normalized spacial score (nSPS) is 12.6. The fraction of sp³-hybridized carbons (Fsp3) is 0.200. The average Bonchev–Trinajstić information content (AvgIpc) is 2.60. The van der Waals surface area contributed by atoms with E-state index >= 15 is 0 Å². The van der Waals surface area contributed by atoms with Gasteiger partial charge in [-0.3, -0.25) is 0 Å². The molecular weight excluding hydrogens is 180 g/mol. The van der Waals surface area contributed by atoms with Crippen molar-refractivity contribution in [1.82, 2.24) is 0 Å². The Bertz CT molecular complexity index is 467. The maximum absolute atomic E-state index is 8.80. The van der Waals surface area contributed by atoms with Crippen molar-refractivity contribution >= 4 is 21.6 Å². The Morgan fingerprint density at radius 2 is 2.23 bits per heavy atom. The van der Waals surface area contributed by atoms with E-state index in [4.69, 9.17) is 5.26 Å². The van der Waals surface area contributed by atoms with E-state index in [9.17, 15) is 0 Å². The van der Waals surface area contributed by atoms with Gasteiger partial charge >= 0.3 is 0 Å². The van der Waals surface area contributed by atoms with Gasteiger partial charge in [-0.05, 0) is 6.07 Å². The van der Waals surface area contributed by atoms with Crippen molar-refractivity contribution in [3.05, 3.63) is 29.8 Å². The van der Waals surface area contributed by atoms with Gasteiger partial charge in [0.15, 0.2) is 0 Å². The predicted molar refractivity (Wildman–Crippen MR) is 52.3 cm³/mol. The van der Waals surface area contributed by atoms with Crippen molar-refractivity contribution in [1.29, 1.82) is 5.26 Å². The highest BCUT2D eigenvalue weighted by molar-refractivity contribution is 7.16. The second-order valence-corrected chi connectivity index (χ2v) is 3.79. The summed E-state index contributed by atoms with van der Waals surface area (Å²) in [7, 11) is 0. The molecule has 64 valence electrons. The van der Waals surface area contributed by atoms with E-state index in [0.29, 0.717) is 0 Å². The van der Waals surface area contributed by atoms with E-state index in [1.54, 1.807) is 11.3 Å². The number of benzene rings is 1. The van der Waals surface area contributed by atoms with Crippen molar-refractivity contribution in [2.45, 2.75) is 13.0 Å². The first-order chi connectivity index (χ1) is 6.33. The van der Waals surface area contributed by atoms with Gasteiger partial charge in [0.25, 0.3) is 0 Å². The van der Waals surface area contributed by atoms with Crippen LogP contribution in [-0.2, 0) is 0 Å². The van der Waals surface area contributed by atoms with Crippen LogP contribution in [0.25, 0.3) is 10.2 Å².